The smallest absolute Gasteiger partial charge is 0.252 e. The van der Waals surface area contributed by atoms with Crippen LogP contribution in [0.15, 0.2) is 72.0 Å². The zero-order valence-corrected chi connectivity index (χ0v) is 16.8. The van der Waals surface area contributed by atoms with Gasteiger partial charge in [0, 0.05) is 43.3 Å². The molecule has 5 aromatic rings. The summed E-state index contributed by atoms with van der Waals surface area (Å²) < 4.78 is 8.88. The Morgan fingerprint density at radius 3 is 2.84 bits per heavy atom. The van der Waals surface area contributed by atoms with Gasteiger partial charge in [-0.3, -0.25) is 14.5 Å². The average Bonchev–Trinajstić information content (AvgIpc) is 3.54. The fraction of sp³-hybridized carbons (Fsp3) is 0.136. The summed E-state index contributed by atoms with van der Waals surface area (Å²) in [6.07, 6.45) is 10.3. The average molecular weight is 413 g/mol. The monoisotopic (exact) mass is 413 g/mol. The molecule has 0 aliphatic heterocycles. The second-order valence-corrected chi connectivity index (χ2v) is 7.12. The number of nitrogens with zero attached hydrogens (tertiary/aromatic N) is 6. The van der Waals surface area contributed by atoms with Crippen molar-refractivity contribution in [3.63, 3.8) is 0 Å². The van der Waals surface area contributed by atoms with Gasteiger partial charge < -0.3 is 9.73 Å². The normalized spacial score (nSPS) is 11.1. The lowest BCUT2D eigenvalue weighted by Gasteiger charge is -2.09. The molecule has 0 fully saturated rings. The summed E-state index contributed by atoms with van der Waals surface area (Å²) >= 11 is 0. The molecule has 5 rings (SSSR count). The minimum atomic E-state index is -0.209. The van der Waals surface area contributed by atoms with Crippen LogP contribution in [0.5, 0.6) is 0 Å². The van der Waals surface area contributed by atoms with Crippen molar-refractivity contribution in [3.8, 4) is 11.3 Å². The fourth-order valence-corrected chi connectivity index (χ4v) is 3.40. The minimum absolute atomic E-state index is 0.209. The number of carbonyl (C=O) groups excluding carboxylic acids is 1. The van der Waals surface area contributed by atoms with Crippen molar-refractivity contribution in [2.24, 2.45) is 7.05 Å². The van der Waals surface area contributed by atoms with E-state index in [-0.39, 0.29) is 5.91 Å². The standard InChI is InChI=1S/C22H19N7O2/c1-28-13-15(10-25-28)9-24-22(30)18-8-20(16-4-2-6-23-11-16)27-21-19(18)12-26-29(21)14-17-5-3-7-31-17/h2-8,10-13H,9,14H2,1H3,(H,24,30). The lowest BCUT2D eigenvalue weighted by atomic mass is 10.1. The van der Waals surface area contributed by atoms with Gasteiger partial charge in [-0.15, -0.1) is 0 Å². The fourth-order valence-electron chi connectivity index (χ4n) is 3.40. The summed E-state index contributed by atoms with van der Waals surface area (Å²) in [6.45, 7) is 0.788. The van der Waals surface area contributed by atoms with Gasteiger partial charge in [0.25, 0.3) is 5.91 Å². The summed E-state index contributed by atoms with van der Waals surface area (Å²) in [5.74, 6) is 0.542. The summed E-state index contributed by atoms with van der Waals surface area (Å²) in [5.41, 5.74) is 3.48. The zero-order valence-electron chi connectivity index (χ0n) is 16.8. The quantitative estimate of drug-likeness (QED) is 0.459. The molecular formula is C22H19N7O2. The second kappa shape index (κ2) is 7.86. The molecule has 5 aromatic heterocycles. The van der Waals surface area contributed by atoms with Crippen LogP contribution in [0.25, 0.3) is 22.3 Å². The Morgan fingerprint density at radius 1 is 1.16 bits per heavy atom. The molecule has 0 spiro atoms. The predicted molar refractivity (Wildman–Crippen MR) is 113 cm³/mol. The Hall–Kier alpha value is -4.27. The van der Waals surface area contributed by atoms with Crippen molar-refractivity contribution in [1.82, 2.24) is 34.8 Å². The van der Waals surface area contributed by atoms with E-state index in [1.807, 2.05) is 37.5 Å². The van der Waals surface area contributed by atoms with Gasteiger partial charge in [0.2, 0.25) is 0 Å². The summed E-state index contributed by atoms with van der Waals surface area (Å²) in [5, 5.41) is 12.2. The molecule has 0 saturated heterocycles. The first-order valence-corrected chi connectivity index (χ1v) is 9.72. The van der Waals surface area contributed by atoms with Gasteiger partial charge in [-0.25, -0.2) is 9.67 Å². The lowest BCUT2D eigenvalue weighted by molar-refractivity contribution is 0.0952. The third-order valence-electron chi connectivity index (χ3n) is 4.91. The largest absolute Gasteiger partial charge is 0.467 e. The van der Waals surface area contributed by atoms with Crippen LogP contribution in [0.1, 0.15) is 21.7 Å². The molecule has 0 aliphatic rings. The topological polar surface area (TPSA) is 104 Å². The Bertz CT molecular complexity index is 1340. The predicted octanol–water partition coefficient (Wildman–Crippen LogP) is 2.80. The number of nitrogens with one attached hydrogen (secondary N) is 1. The molecule has 0 atom stereocenters. The van der Waals surface area contributed by atoms with E-state index >= 15 is 0 Å². The zero-order chi connectivity index (χ0) is 21.2. The van der Waals surface area contributed by atoms with E-state index in [0.29, 0.717) is 35.4 Å². The summed E-state index contributed by atoms with van der Waals surface area (Å²) in [4.78, 5) is 22.1. The highest BCUT2D eigenvalue weighted by atomic mass is 16.3. The van der Waals surface area contributed by atoms with E-state index in [1.54, 1.807) is 46.5 Å². The molecule has 9 heteroatoms. The number of aryl methyl sites for hydroxylation is 1. The molecule has 0 saturated carbocycles. The van der Waals surface area contributed by atoms with E-state index < -0.39 is 0 Å². The molecule has 1 amide bonds. The van der Waals surface area contributed by atoms with Crippen LogP contribution in [-0.4, -0.2) is 35.4 Å². The van der Waals surface area contributed by atoms with E-state index in [4.69, 9.17) is 9.40 Å². The van der Waals surface area contributed by atoms with Crippen molar-refractivity contribution in [2.75, 3.05) is 0 Å². The first-order valence-electron chi connectivity index (χ1n) is 9.72. The van der Waals surface area contributed by atoms with Crippen LogP contribution in [0, 0.1) is 0 Å². The summed E-state index contributed by atoms with van der Waals surface area (Å²) in [6, 6.07) is 9.22. The van der Waals surface area contributed by atoms with Gasteiger partial charge in [-0.1, -0.05) is 0 Å². The molecule has 0 aliphatic carbocycles. The van der Waals surface area contributed by atoms with Gasteiger partial charge in [0.1, 0.15) is 12.3 Å². The van der Waals surface area contributed by atoms with Crippen LogP contribution < -0.4 is 5.32 Å². The maximum Gasteiger partial charge on any atom is 0.252 e. The third-order valence-corrected chi connectivity index (χ3v) is 4.91. The van der Waals surface area contributed by atoms with Crippen molar-refractivity contribution in [1.29, 1.82) is 0 Å². The van der Waals surface area contributed by atoms with E-state index in [9.17, 15) is 4.79 Å². The number of hydrogen-bond acceptors (Lipinski definition) is 6. The van der Waals surface area contributed by atoms with Crippen LogP contribution in [0.3, 0.4) is 0 Å². The van der Waals surface area contributed by atoms with E-state index in [0.717, 1.165) is 16.9 Å². The van der Waals surface area contributed by atoms with Crippen LogP contribution in [-0.2, 0) is 20.1 Å². The highest BCUT2D eigenvalue weighted by molar-refractivity contribution is 6.06. The number of amides is 1. The van der Waals surface area contributed by atoms with Crippen molar-refractivity contribution < 1.29 is 9.21 Å². The molecule has 154 valence electrons. The minimum Gasteiger partial charge on any atom is -0.467 e. The Labute approximate surface area is 177 Å². The molecule has 31 heavy (non-hydrogen) atoms. The third kappa shape index (κ3) is 3.80. The first kappa shape index (κ1) is 18.7. The number of hydrogen-bond donors (Lipinski definition) is 1. The number of aromatic nitrogens is 6. The number of fused-ring (bicyclic) bond motifs is 1. The first-order chi connectivity index (χ1) is 15.2. The second-order valence-electron chi connectivity index (χ2n) is 7.12. The van der Waals surface area contributed by atoms with Gasteiger partial charge >= 0.3 is 0 Å². The number of pyridine rings is 2. The molecular weight excluding hydrogens is 394 g/mol. The lowest BCUT2D eigenvalue weighted by Crippen LogP contribution is -2.23. The van der Waals surface area contributed by atoms with Crippen molar-refractivity contribution in [3.05, 3.63) is 84.5 Å². The van der Waals surface area contributed by atoms with Gasteiger partial charge in [0.15, 0.2) is 5.65 Å². The summed E-state index contributed by atoms with van der Waals surface area (Å²) in [7, 11) is 1.84. The number of rotatable bonds is 6. The van der Waals surface area contributed by atoms with Crippen molar-refractivity contribution in [2.45, 2.75) is 13.1 Å². The molecule has 9 nitrogen and oxygen atoms in total. The maximum atomic E-state index is 13.1. The van der Waals surface area contributed by atoms with Gasteiger partial charge in [0.05, 0.1) is 35.3 Å². The van der Waals surface area contributed by atoms with Gasteiger partial charge in [-0.05, 0) is 30.3 Å². The Kier molecular flexibility index (Phi) is 4.75. The van der Waals surface area contributed by atoms with Gasteiger partial charge in [-0.2, -0.15) is 10.2 Å². The Balaban J connectivity index is 1.55. The molecule has 5 heterocycles. The van der Waals surface area contributed by atoms with Crippen LogP contribution >= 0.6 is 0 Å². The highest BCUT2D eigenvalue weighted by Crippen LogP contribution is 2.25. The highest BCUT2D eigenvalue weighted by Gasteiger charge is 2.18. The molecule has 0 radical (unpaired) electrons. The molecule has 0 unspecified atom stereocenters. The maximum absolute atomic E-state index is 13.1. The Morgan fingerprint density at radius 2 is 2.10 bits per heavy atom. The van der Waals surface area contributed by atoms with Crippen LogP contribution in [0.4, 0.5) is 0 Å². The van der Waals surface area contributed by atoms with Crippen molar-refractivity contribution >= 4 is 16.9 Å². The van der Waals surface area contributed by atoms with E-state index in [2.05, 4.69) is 20.5 Å². The SMILES string of the molecule is Cn1cc(CNC(=O)c2cc(-c3cccnc3)nc3c2cnn3Cc2ccco2)cn1. The van der Waals surface area contributed by atoms with E-state index in [1.165, 1.54) is 0 Å². The molecule has 0 aromatic carbocycles. The number of furan rings is 1. The van der Waals surface area contributed by atoms with Crippen LogP contribution in [0.2, 0.25) is 0 Å². The molecule has 1 N–H and O–H groups in total. The number of carbonyl (C=O) groups is 1. The molecule has 0 bridgehead atoms.